The summed E-state index contributed by atoms with van der Waals surface area (Å²) in [4.78, 5) is 55.1. The third-order valence-corrected chi connectivity index (χ3v) is 7.77. The van der Waals surface area contributed by atoms with E-state index >= 15 is 0 Å². The summed E-state index contributed by atoms with van der Waals surface area (Å²) < 4.78 is 38.1. The molecule has 1 heterocycles. The summed E-state index contributed by atoms with van der Waals surface area (Å²) in [7, 11) is 5.93. The van der Waals surface area contributed by atoms with Crippen LogP contribution in [0.15, 0.2) is 60.7 Å². The van der Waals surface area contributed by atoms with Gasteiger partial charge in [-0.3, -0.25) is 9.59 Å². The maximum Gasteiger partial charge on any atom is 0.410 e. The van der Waals surface area contributed by atoms with Gasteiger partial charge in [0.1, 0.15) is 34.7 Å². The second kappa shape index (κ2) is 16.9. The molecule has 268 valence electrons. The Labute approximate surface area is 291 Å². The minimum Gasteiger partial charge on any atom is -0.497 e. The van der Waals surface area contributed by atoms with Crippen molar-refractivity contribution >= 4 is 23.8 Å². The second-order valence-electron chi connectivity index (χ2n) is 12.5. The van der Waals surface area contributed by atoms with E-state index in [4.69, 9.17) is 33.2 Å². The van der Waals surface area contributed by atoms with E-state index in [0.29, 0.717) is 47.9 Å². The van der Waals surface area contributed by atoms with Gasteiger partial charge in [-0.25, -0.2) is 9.59 Å². The Balaban J connectivity index is 1.56. The minimum absolute atomic E-state index is 0.0289. The van der Waals surface area contributed by atoms with E-state index in [1.165, 1.54) is 57.6 Å². The normalized spacial score (nSPS) is 16.0. The molecule has 1 fully saturated rings. The van der Waals surface area contributed by atoms with Crippen molar-refractivity contribution in [2.75, 3.05) is 48.3 Å². The van der Waals surface area contributed by atoms with Gasteiger partial charge >= 0.3 is 12.1 Å². The zero-order valence-corrected chi connectivity index (χ0v) is 29.4. The van der Waals surface area contributed by atoms with E-state index in [9.17, 15) is 19.2 Å². The Hall–Kier alpha value is -5.30. The van der Waals surface area contributed by atoms with E-state index in [2.05, 4.69) is 5.32 Å². The number of amides is 2. The number of rotatable bonds is 12. The first-order valence-corrected chi connectivity index (χ1v) is 16.0. The SMILES string of the molecule is COCOc1ccc(OC)cc1C(=O)c1ccc(C(=O)O[C@@H]2CCCN(C(=O)OC(C)(C)C)C[C@H]2NC(=O)c2cc(OC)cc(OC)c2)cc1. The van der Waals surface area contributed by atoms with E-state index in [-0.39, 0.29) is 35.8 Å². The second-order valence-corrected chi connectivity index (χ2v) is 12.5. The number of carbonyl (C=O) groups is 4. The lowest BCUT2D eigenvalue weighted by Gasteiger charge is -2.30. The molecule has 3 aromatic carbocycles. The quantitative estimate of drug-likeness (QED) is 0.150. The Morgan fingerprint density at radius 3 is 2.04 bits per heavy atom. The Morgan fingerprint density at radius 1 is 0.800 bits per heavy atom. The molecule has 3 aromatic rings. The number of hydrogen-bond donors (Lipinski definition) is 1. The van der Waals surface area contributed by atoms with Crippen molar-refractivity contribution in [3.8, 4) is 23.0 Å². The first-order chi connectivity index (χ1) is 23.8. The van der Waals surface area contributed by atoms with Crippen LogP contribution in [0.25, 0.3) is 0 Å². The average molecular weight is 693 g/mol. The van der Waals surface area contributed by atoms with Gasteiger partial charge in [-0.1, -0.05) is 12.1 Å². The fourth-order valence-corrected chi connectivity index (χ4v) is 5.27. The summed E-state index contributed by atoms with van der Waals surface area (Å²) in [5, 5.41) is 2.95. The van der Waals surface area contributed by atoms with Crippen molar-refractivity contribution in [2.45, 2.75) is 51.4 Å². The highest BCUT2D eigenvalue weighted by Crippen LogP contribution is 2.28. The van der Waals surface area contributed by atoms with Crippen LogP contribution in [0.2, 0.25) is 0 Å². The van der Waals surface area contributed by atoms with Crippen LogP contribution in [0.5, 0.6) is 23.0 Å². The molecule has 4 rings (SSSR count). The number of ketones is 1. The average Bonchev–Trinajstić information content (AvgIpc) is 3.31. The molecule has 13 nitrogen and oxygen atoms in total. The predicted octanol–water partition coefficient (Wildman–Crippen LogP) is 5.28. The summed E-state index contributed by atoms with van der Waals surface area (Å²) in [5.74, 6) is 0.134. The fourth-order valence-electron chi connectivity index (χ4n) is 5.27. The number of ether oxygens (including phenoxy) is 7. The van der Waals surface area contributed by atoms with Crippen LogP contribution in [-0.2, 0) is 14.2 Å². The molecule has 2 amide bonds. The van der Waals surface area contributed by atoms with E-state index in [1.54, 1.807) is 57.2 Å². The lowest BCUT2D eigenvalue weighted by molar-refractivity contribution is 0.0127. The highest BCUT2D eigenvalue weighted by atomic mass is 16.7. The van der Waals surface area contributed by atoms with E-state index < -0.39 is 35.7 Å². The largest absolute Gasteiger partial charge is 0.497 e. The minimum atomic E-state index is -0.801. The molecule has 0 bridgehead atoms. The number of nitrogens with zero attached hydrogens (tertiary/aromatic N) is 1. The molecular formula is C37H44N2O11. The Morgan fingerprint density at radius 2 is 1.44 bits per heavy atom. The molecule has 50 heavy (non-hydrogen) atoms. The summed E-state index contributed by atoms with van der Waals surface area (Å²) in [5.41, 5.74) is 0.282. The zero-order chi connectivity index (χ0) is 36.4. The molecule has 1 aliphatic heterocycles. The van der Waals surface area contributed by atoms with Crippen LogP contribution < -0.4 is 24.3 Å². The molecular weight excluding hydrogens is 648 g/mol. The molecule has 0 spiro atoms. The van der Waals surface area contributed by atoms with Gasteiger partial charge < -0.3 is 43.4 Å². The van der Waals surface area contributed by atoms with Gasteiger partial charge in [0.05, 0.1) is 38.5 Å². The first-order valence-electron chi connectivity index (χ1n) is 16.0. The third-order valence-electron chi connectivity index (χ3n) is 7.77. The van der Waals surface area contributed by atoms with Crippen LogP contribution in [0, 0.1) is 0 Å². The van der Waals surface area contributed by atoms with Gasteiger partial charge in [-0.15, -0.1) is 0 Å². The Bertz CT molecular complexity index is 1640. The standard InChI is InChI=1S/C37H44N2O11/c1-37(2,3)50-36(43)39-16-8-9-32(30(21-39)38-34(41)25-17-27(46-6)19-28(18-25)47-7)49-35(42)24-12-10-23(11-13-24)33(40)29-20-26(45-5)14-15-31(29)48-22-44-4/h10-15,17-20,30,32H,8-9,16,21-22H2,1-7H3,(H,38,41)/t30-,32-/m1/s1. The van der Waals surface area contributed by atoms with Crippen LogP contribution in [0.4, 0.5) is 4.79 Å². The number of likely N-dealkylation sites (tertiary alicyclic amines) is 1. The van der Waals surface area contributed by atoms with Gasteiger partial charge in [0.25, 0.3) is 5.91 Å². The van der Waals surface area contributed by atoms with Gasteiger partial charge in [0.15, 0.2) is 12.6 Å². The lowest BCUT2D eigenvalue weighted by Crippen LogP contribution is -2.51. The number of benzene rings is 3. The van der Waals surface area contributed by atoms with Crippen molar-refractivity contribution < 1.29 is 52.3 Å². The van der Waals surface area contributed by atoms with E-state index in [0.717, 1.165) is 0 Å². The Kier molecular flexibility index (Phi) is 12.7. The number of methoxy groups -OCH3 is 4. The van der Waals surface area contributed by atoms with Crippen molar-refractivity contribution in [1.82, 2.24) is 10.2 Å². The van der Waals surface area contributed by atoms with Crippen LogP contribution in [0.1, 0.15) is 70.3 Å². The summed E-state index contributed by atoms with van der Waals surface area (Å²) in [6, 6.07) is 14.8. The molecule has 0 aliphatic carbocycles. The molecule has 13 heteroatoms. The monoisotopic (exact) mass is 692 g/mol. The smallest absolute Gasteiger partial charge is 0.410 e. The highest BCUT2D eigenvalue weighted by molar-refractivity contribution is 6.11. The summed E-state index contributed by atoms with van der Waals surface area (Å²) in [6.45, 7) is 5.62. The van der Waals surface area contributed by atoms with Crippen molar-refractivity contribution in [1.29, 1.82) is 0 Å². The number of hydrogen-bond acceptors (Lipinski definition) is 11. The molecule has 1 N–H and O–H groups in total. The third kappa shape index (κ3) is 9.88. The van der Waals surface area contributed by atoms with Gasteiger partial charge in [-0.2, -0.15) is 0 Å². The summed E-state index contributed by atoms with van der Waals surface area (Å²) in [6.07, 6.45) is -0.504. The molecule has 2 atom stereocenters. The van der Waals surface area contributed by atoms with Crippen LogP contribution in [-0.4, -0.2) is 94.7 Å². The van der Waals surface area contributed by atoms with Crippen molar-refractivity contribution in [3.05, 3.63) is 82.9 Å². The predicted molar refractivity (Wildman–Crippen MR) is 182 cm³/mol. The van der Waals surface area contributed by atoms with Crippen molar-refractivity contribution in [2.24, 2.45) is 0 Å². The van der Waals surface area contributed by atoms with Crippen molar-refractivity contribution in [3.63, 3.8) is 0 Å². The van der Waals surface area contributed by atoms with Crippen LogP contribution >= 0.6 is 0 Å². The number of esters is 1. The van der Waals surface area contributed by atoms with Gasteiger partial charge in [0.2, 0.25) is 0 Å². The van der Waals surface area contributed by atoms with Gasteiger partial charge in [0, 0.05) is 37.4 Å². The molecule has 0 aromatic heterocycles. The fraction of sp³-hybridized carbons (Fsp3) is 0.405. The van der Waals surface area contributed by atoms with Crippen LogP contribution in [0.3, 0.4) is 0 Å². The number of carbonyl (C=O) groups excluding carboxylic acids is 4. The first kappa shape index (κ1) is 37.5. The molecule has 1 aliphatic rings. The lowest BCUT2D eigenvalue weighted by atomic mass is 10.0. The molecule has 0 saturated carbocycles. The zero-order valence-electron chi connectivity index (χ0n) is 29.4. The maximum atomic E-state index is 13.6. The number of nitrogens with one attached hydrogen (secondary N) is 1. The highest BCUT2D eigenvalue weighted by Gasteiger charge is 2.35. The maximum absolute atomic E-state index is 13.6. The van der Waals surface area contributed by atoms with Gasteiger partial charge in [-0.05, 0) is 76.1 Å². The van der Waals surface area contributed by atoms with E-state index in [1.807, 2.05) is 0 Å². The topological polar surface area (TPSA) is 148 Å². The molecule has 1 saturated heterocycles. The molecule has 0 unspecified atom stereocenters. The summed E-state index contributed by atoms with van der Waals surface area (Å²) >= 11 is 0. The molecule has 0 radical (unpaired) electrons.